The molecule has 2 rings (SSSR count). The van der Waals surface area contributed by atoms with Gasteiger partial charge >= 0.3 is 0 Å². The zero-order chi connectivity index (χ0) is 14.0. The first kappa shape index (κ1) is 13.6. The van der Waals surface area contributed by atoms with Gasteiger partial charge in [0.2, 0.25) is 0 Å². The molecule has 2 aromatic heterocycles. The Morgan fingerprint density at radius 3 is 2.58 bits per heavy atom. The van der Waals surface area contributed by atoms with Crippen LogP contribution in [0.5, 0.6) is 0 Å². The summed E-state index contributed by atoms with van der Waals surface area (Å²) in [6.07, 6.45) is 2.86. The van der Waals surface area contributed by atoms with Crippen LogP contribution in [-0.4, -0.2) is 20.4 Å². The summed E-state index contributed by atoms with van der Waals surface area (Å²) in [6, 6.07) is 0. The van der Waals surface area contributed by atoms with Gasteiger partial charge in [-0.05, 0) is 13.3 Å². The van der Waals surface area contributed by atoms with Crippen LogP contribution >= 0.6 is 0 Å². The van der Waals surface area contributed by atoms with Gasteiger partial charge in [0.25, 0.3) is 0 Å². The van der Waals surface area contributed by atoms with Crippen LogP contribution < -0.4 is 5.32 Å². The van der Waals surface area contributed by atoms with E-state index < -0.39 is 0 Å². The fourth-order valence-corrected chi connectivity index (χ4v) is 2.22. The Hall–Kier alpha value is -1.78. The highest BCUT2D eigenvalue weighted by atomic mass is 15.2. The fraction of sp³-hybridized carbons (Fsp3) is 0.571. The molecule has 0 bridgehead atoms. The molecule has 5 nitrogen and oxygen atoms in total. The summed E-state index contributed by atoms with van der Waals surface area (Å²) in [5.41, 5.74) is 4.81. The second-order valence-corrected chi connectivity index (χ2v) is 5.90. The van der Waals surface area contributed by atoms with E-state index in [4.69, 9.17) is 0 Å². The smallest absolute Gasteiger partial charge is 0.151 e. The van der Waals surface area contributed by atoms with Crippen molar-refractivity contribution < 1.29 is 0 Å². The van der Waals surface area contributed by atoms with Crippen LogP contribution in [0, 0.1) is 6.92 Å². The monoisotopic (exact) mass is 261 g/mol. The Kier molecular flexibility index (Phi) is 3.64. The van der Waals surface area contributed by atoms with Gasteiger partial charge < -0.3 is 5.32 Å². The van der Waals surface area contributed by atoms with Crippen LogP contribution in [0.3, 0.4) is 0 Å². The number of aryl methyl sites for hydroxylation is 1. The Morgan fingerprint density at radius 1 is 1.26 bits per heavy atom. The Balaban J connectivity index is 2.11. The second-order valence-electron chi connectivity index (χ2n) is 5.90. The van der Waals surface area contributed by atoms with E-state index in [0.29, 0.717) is 0 Å². The normalized spacial score (nSPS) is 11.8. The number of anilines is 1. The lowest BCUT2D eigenvalue weighted by molar-refractivity contribution is 0.561. The van der Waals surface area contributed by atoms with Crippen molar-refractivity contribution in [2.75, 3.05) is 5.32 Å². The third-order valence-corrected chi connectivity index (χ3v) is 3.38. The van der Waals surface area contributed by atoms with E-state index in [1.807, 2.05) is 6.20 Å². The molecular weight excluding hydrogens is 238 g/mol. The van der Waals surface area contributed by atoms with Gasteiger partial charge in [-0.25, -0.2) is 0 Å². The van der Waals surface area contributed by atoms with Crippen LogP contribution in [-0.2, 0) is 18.4 Å². The summed E-state index contributed by atoms with van der Waals surface area (Å²) >= 11 is 0. The average molecular weight is 261 g/mol. The minimum atomic E-state index is 0.0721. The Bertz CT molecular complexity index is 544. The molecule has 0 aliphatic heterocycles. The van der Waals surface area contributed by atoms with Crippen molar-refractivity contribution in [2.45, 2.75) is 53.0 Å². The fourth-order valence-electron chi connectivity index (χ4n) is 2.22. The number of hydrogen-bond acceptors (Lipinski definition) is 3. The summed E-state index contributed by atoms with van der Waals surface area (Å²) < 4.78 is 0. The molecule has 5 heteroatoms. The molecule has 0 radical (unpaired) electrons. The first-order chi connectivity index (χ1) is 8.93. The van der Waals surface area contributed by atoms with Crippen LogP contribution in [0.15, 0.2) is 6.20 Å². The highest BCUT2D eigenvalue weighted by Gasteiger charge is 2.20. The van der Waals surface area contributed by atoms with E-state index in [-0.39, 0.29) is 5.41 Å². The molecule has 19 heavy (non-hydrogen) atoms. The third kappa shape index (κ3) is 2.80. The highest BCUT2D eigenvalue weighted by Crippen LogP contribution is 2.24. The zero-order valence-electron chi connectivity index (χ0n) is 12.4. The van der Waals surface area contributed by atoms with Crippen LogP contribution in [0.25, 0.3) is 0 Å². The Morgan fingerprint density at radius 2 is 2.00 bits per heavy atom. The number of nitrogens with one attached hydrogen (secondary N) is 3. The maximum absolute atomic E-state index is 4.31. The van der Waals surface area contributed by atoms with Crippen LogP contribution in [0.2, 0.25) is 0 Å². The lowest BCUT2D eigenvalue weighted by atomic mass is 9.89. The summed E-state index contributed by atoms with van der Waals surface area (Å²) in [4.78, 5) is 0. The number of H-pyrrole nitrogens is 2. The molecule has 0 unspecified atom stereocenters. The highest BCUT2D eigenvalue weighted by molar-refractivity contribution is 5.46. The van der Waals surface area contributed by atoms with Crippen molar-refractivity contribution in [2.24, 2.45) is 0 Å². The molecule has 104 valence electrons. The van der Waals surface area contributed by atoms with Gasteiger partial charge in [-0.15, -0.1) is 0 Å². The molecule has 2 heterocycles. The maximum atomic E-state index is 4.31. The molecule has 2 aromatic rings. The van der Waals surface area contributed by atoms with E-state index >= 15 is 0 Å². The van der Waals surface area contributed by atoms with Crippen molar-refractivity contribution in [1.82, 2.24) is 20.4 Å². The Labute approximate surface area is 114 Å². The summed E-state index contributed by atoms with van der Waals surface area (Å²) in [7, 11) is 0. The summed E-state index contributed by atoms with van der Waals surface area (Å²) in [5, 5.41) is 18.0. The molecule has 3 N–H and O–H groups in total. The molecule has 0 aromatic carbocycles. The van der Waals surface area contributed by atoms with Crippen LogP contribution in [0.4, 0.5) is 5.82 Å². The van der Waals surface area contributed by atoms with Crippen molar-refractivity contribution in [1.29, 1.82) is 0 Å². The van der Waals surface area contributed by atoms with Gasteiger partial charge in [-0.2, -0.15) is 10.2 Å². The van der Waals surface area contributed by atoms with Crippen molar-refractivity contribution >= 4 is 5.82 Å². The van der Waals surface area contributed by atoms with E-state index in [0.717, 1.165) is 18.8 Å². The average Bonchev–Trinajstić information content (AvgIpc) is 2.92. The van der Waals surface area contributed by atoms with Crippen molar-refractivity contribution in [3.63, 3.8) is 0 Å². The van der Waals surface area contributed by atoms with E-state index in [2.05, 4.69) is 60.3 Å². The summed E-state index contributed by atoms with van der Waals surface area (Å²) in [6.45, 7) is 11.5. The molecule has 0 atom stereocenters. The number of aromatic amines is 2. The zero-order valence-corrected chi connectivity index (χ0v) is 12.4. The largest absolute Gasteiger partial charge is 0.364 e. The molecule has 0 saturated carbocycles. The third-order valence-electron chi connectivity index (χ3n) is 3.38. The van der Waals surface area contributed by atoms with Crippen LogP contribution in [0.1, 0.15) is 50.2 Å². The number of nitrogens with zero attached hydrogens (tertiary/aromatic N) is 2. The topological polar surface area (TPSA) is 69.4 Å². The first-order valence-corrected chi connectivity index (χ1v) is 6.74. The van der Waals surface area contributed by atoms with Gasteiger partial charge in [0, 0.05) is 34.5 Å². The molecular formula is C14H23N5. The molecule has 0 amide bonds. The lowest BCUT2D eigenvalue weighted by Crippen LogP contribution is -2.15. The van der Waals surface area contributed by atoms with E-state index in [1.54, 1.807) is 0 Å². The number of hydrogen-bond donors (Lipinski definition) is 3. The van der Waals surface area contributed by atoms with Gasteiger partial charge in [0.15, 0.2) is 5.82 Å². The number of aromatic nitrogens is 4. The SMILES string of the molecule is CCc1[nH]nc(NCc2cn[nH]c2C(C)(C)C)c1C. The maximum Gasteiger partial charge on any atom is 0.151 e. The van der Waals surface area contributed by atoms with Crippen molar-refractivity contribution in [3.8, 4) is 0 Å². The standard InChI is InChI=1S/C14H23N5/c1-6-11-9(2)13(19-17-11)15-7-10-8-16-18-12(10)14(3,4)5/h8H,6-7H2,1-5H3,(H,16,18)(H2,15,17,19). The minimum absolute atomic E-state index is 0.0721. The van der Waals surface area contributed by atoms with Crippen molar-refractivity contribution in [3.05, 3.63) is 28.7 Å². The minimum Gasteiger partial charge on any atom is -0.364 e. The predicted molar refractivity (Wildman–Crippen MR) is 77.3 cm³/mol. The van der Waals surface area contributed by atoms with Gasteiger partial charge in [-0.1, -0.05) is 27.7 Å². The predicted octanol–water partition coefficient (Wildman–Crippen LogP) is 2.91. The molecule has 0 aliphatic carbocycles. The summed E-state index contributed by atoms with van der Waals surface area (Å²) in [5.74, 6) is 0.929. The lowest BCUT2D eigenvalue weighted by Gasteiger charge is -2.18. The quantitative estimate of drug-likeness (QED) is 0.792. The van der Waals surface area contributed by atoms with Gasteiger partial charge in [0.1, 0.15) is 0 Å². The molecule has 0 fully saturated rings. The molecule has 0 spiro atoms. The van der Waals surface area contributed by atoms with E-state index in [1.165, 1.54) is 22.5 Å². The number of rotatable bonds is 4. The van der Waals surface area contributed by atoms with Gasteiger partial charge in [0.05, 0.1) is 6.20 Å². The molecule has 0 saturated heterocycles. The second kappa shape index (κ2) is 5.07. The van der Waals surface area contributed by atoms with E-state index in [9.17, 15) is 0 Å². The van der Waals surface area contributed by atoms with Gasteiger partial charge in [-0.3, -0.25) is 10.2 Å². The first-order valence-electron chi connectivity index (χ1n) is 6.74. The molecule has 0 aliphatic rings.